The molecule has 0 atom stereocenters. The van der Waals surface area contributed by atoms with Gasteiger partial charge in [-0.05, 0) is 42.5 Å². The van der Waals surface area contributed by atoms with E-state index in [4.69, 9.17) is 0 Å². The number of hydrogen-bond donors (Lipinski definition) is 0. The first-order valence-electron chi connectivity index (χ1n) is 10.8. The van der Waals surface area contributed by atoms with Crippen molar-refractivity contribution in [1.82, 2.24) is 9.38 Å². The fourth-order valence-corrected chi connectivity index (χ4v) is 6.67. The second-order valence-corrected chi connectivity index (χ2v) is 9.47. The number of thiophene rings is 1. The molecule has 4 aromatic heterocycles. The summed E-state index contributed by atoms with van der Waals surface area (Å²) in [4.78, 5) is 4.60. The first-order chi connectivity index (χ1) is 15.9. The van der Waals surface area contributed by atoms with Gasteiger partial charge in [0.2, 0.25) is 0 Å². The Morgan fingerprint density at radius 1 is 0.625 bits per heavy atom. The van der Waals surface area contributed by atoms with E-state index in [9.17, 15) is 0 Å². The molecule has 4 heterocycles. The molecule has 0 saturated heterocycles. The van der Waals surface area contributed by atoms with Gasteiger partial charge in [0.1, 0.15) is 0 Å². The number of para-hydroxylation sites is 1. The van der Waals surface area contributed by atoms with Gasteiger partial charge < -0.3 is 4.40 Å². The van der Waals surface area contributed by atoms with E-state index in [0.717, 1.165) is 11.3 Å². The SMILES string of the molecule is c1ccc(-c2ccc3c(c2)c2c4sc5ccccc5c4cc4c5ccccc5n3c42)nc1. The summed E-state index contributed by atoms with van der Waals surface area (Å²) in [5, 5.41) is 8.02. The van der Waals surface area contributed by atoms with E-state index < -0.39 is 0 Å². The smallest absolute Gasteiger partial charge is 0.0702 e. The quantitative estimate of drug-likeness (QED) is 0.259. The summed E-state index contributed by atoms with van der Waals surface area (Å²) in [5.41, 5.74) is 6.03. The summed E-state index contributed by atoms with van der Waals surface area (Å²) in [6.45, 7) is 0. The molecule has 0 aliphatic rings. The van der Waals surface area contributed by atoms with Crippen LogP contribution in [-0.2, 0) is 0 Å². The van der Waals surface area contributed by atoms with Crippen LogP contribution in [0.4, 0.5) is 0 Å². The molecule has 0 saturated carbocycles. The van der Waals surface area contributed by atoms with Gasteiger partial charge in [0, 0.05) is 53.5 Å². The monoisotopic (exact) mass is 424 g/mol. The number of hydrogen-bond acceptors (Lipinski definition) is 2. The summed E-state index contributed by atoms with van der Waals surface area (Å²) < 4.78 is 5.18. The van der Waals surface area contributed by atoms with Crippen molar-refractivity contribution in [1.29, 1.82) is 0 Å². The van der Waals surface area contributed by atoms with Crippen molar-refractivity contribution in [2.75, 3.05) is 0 Å². The Balaban J connectivity index is 1.67. The maximum Gasteiger partial charge on any atom is 0.0702 e. The Hall–Kier alpha value is -3.95. The minimum Gasteiger partial charge on any atom is -0.308 e. The summed E-state index contributed by atoms with van der Waals surface area (Å²) in [5.74, 6) is 0. The molecule has 4 aromatic carbocycles. The molecule has 0 aliphatic carbocycles. The van der Waals surface area contributed by atoms with Gasteiger partial charge in [-0.2, -0.15) is 0 Å². The van der Waals surface area contributed by atoms with E-state index in [1.807, 2.05) is 23.6 Å². The highest BCUT2D eigenvalue weighted by molar-refractivity contribution is 7.26. The minimum atomic E-state index is 1.01. The average Bonchev–Trinajstić information content (AvgIpc) is 3.50. The number of fused-ring (bicyclic) bond motifs is 10. The molecule has 2 nitrogen and oxygen atoms in total. The lowest BCUT2D eigenvalue weighted by atomic mass is 10.0. The first-order valence-corrected chi connectivity index (χ1v) is 11.6. The molecule has 8 aromatic rings. The van der Waals surface area contributed by atoms with Crippen LogP contribution in [0.2, 0.25) is 0 Å². The molecular formula is C29H16N2S. The highest BCUT2D eigenvalue weighted by Gasteiger charge is 2.22. The van der Waals surface area contributed by atoms with Gasteiger partial charge >= 0.3 is 0 Å². The van der Waals surface area contributed by atoms with Crippen LogP contribution in [0.1, 0.15) is 0 Å². The maximum absolute atomic E-state index is 4.60. The number of pyridine rings is 1. The molecule has 0 unspecified atom stereocenters. The van der Waals surface area contributed by atoms with Crippen molar-refractivity contribution >= 4 is 69.6 Å². The largest absolute Gasteiger partial charge is 0.308 e. The molecule has 8 rings (SSSR count). The maximum atomic E-state index is 4.60. The summed E-state index contributed by atoms with van der Waals surface area (Å²) in [6, 6.07) is 32.9. The van der Waals surface area contributed by atoms with E-state index in [0.29, 0.717) is 0 Å². The predicted octanol–water partition coefficient (Wildman–Crippen LogP) is 8.27. The highest BCUT2D eigenvalue weighted by atomic mass is 32.1. The molecule has 0 fully saturated rings. The van der Waals surface area contributed by atoms with Gasteiger partial charge in [-0.3, -0.25) is 4.98 Å². The van der Waals surface area contributed by atoms with E-state index >= 15 is 0 Å². The molecule has 148 valence electrons. The molecule has 0 N–H and O–H groups in total. The van der Waals surface area contributed by atoms with E-state index in [1.165, 1.54) is 58.3 Å². The Kier molecular flexibility index (Phi) is 3.05. The zero-order valence-electron chi connectivity index (χ0n) is 17.0. The summed E-state index contributed by atoms with van der Waals surface area (Å²) in [6.07, 6.45) is 1.87. The van der Waals surface area contributed by atoms with E-state index in [2.05, 4.69) is 94.3 Å². The lowest BCUT2D eigenvalue weighted by Crippen LogP contribution is -1.83. The van der Waals surface area contributed by atoms with Crippen LogP contribution >= 0.6 is 11.3 Å². The molecule has 32 heavy (non-hydrogen) atoms. The summed E-state index contributed by atoms with van der Waals surface area (Å²) in [7, 11) is 0. The molecule has 0 radical (unpaired) electrons. The van der Waals surface area contributed by atoms with Crippen molar-refractivity contribution in [3.05, 3.63) is 97.2 Å². The second-order valence-electron chi connectivity index (χ2n) is 8.42. The van der Waals surface area contributed by atoms with E-state index in [-0.39, 0.29) is 0 Å². The van der Waals surface area contributed by atoms with Crippen LogP contribution in [0.25, 0.3) is 69.5 Å². The Bertz CT molecular complexity index is 1980. The number of nitrogens with zero attached hydrogens (tertiary/aromatic N) is 2. The average molecular weight is 425 g/mol. The van der Waals surface area contributed by atoms with Crippen molar-refractivity contribution < 1.29 is 0 Å². The molecule has 0 spiro atoms. The van der Waals surface area contributed by atoms with Crippen LogP contribution in [0, 0.1) is 0 Å². The van der Waals surface area contributed by atoms with Crippen LogP contribution < -0.4 is 0 Å². The lowest BCUT2D eigenvalue weighted by Gasteiger charge is -2.03. The zero-order chi connectivity index (χ0) is 20.8. The third kappa shape index (κ3) is 1.97. The van der Waals surface area contributed by atoms with Gasteiger partial charge in [0.15, 0.2) is 0 Å². The number of rotatable bonds is 1. The van der Waals surface area contributed by atoms with Gasteiger partial charge in [0.25, 0.3) is 0 Å². The van der Waals surface area contributed by atoms with Gasteiger partial charge in [-0.1, -0.05) is 48.5 Å². The summed E-state index contributed by atoms with van der Waals surface area (Å²) >= 11 is 1.91. The van der Waals surface area contributed by atoms with Gasteiger partial charge in [0.05, 0.1) is 22.2 Å². The predicted molar refractivity (Wildman–Crippen MR) is 137 cm³/mol. The van der Waals surface area contributed by atoms with Crippen LogP contribution in [0.3, 0.4) is 0 Å². The Morgan fingerprint density at radius 2 is 1.44 bits per heavy atom. The molecule has 3 heteroatoms. The standard InChI is InChI=1S/C29H16N2S/c1-3-10-24-18(7-1)20-16-21-19-8-2-4-11-26(19)32-29(21)27-22-15-17(23-9-5-6-14-30-23)12-13-25(22)31(24)28(20)27/h1-16H. The van der Waals surface area contributed by atoms with Crippen LogP contribution in [-0.4, -0.2) is 9.38 Å². The van der Waals surface area contributed by atoms with Crippen molar-refractivity contribution in [2.24, 2.45) is 0 Å². The third-order valence-corrected chi connectivity index (χ3v) is 7.97. The zero-order valence-corrected chi connectivity index (χ0v) is 17.9. The van der Waals surface area contributed by atoms with Crippen molar-refractivity contribution in [3.8, 4) is 11.3 Å². The third-order valence-electron chi connectivity index (χ3n) is 6.77. The number of benzene rings is 4. The Morgan fingerprint density at radius 3 is 2.34 bits per heavy atom. The Labute approximate surface area is 187 Å². The topological polar surface area (TPSA) is 17.3 Å². The van der Waals surface area contributed by atoms with Gasteiger partial charge in [-0.25, -0.2) is 0 Å². The van der Waals surface area contributed by atoms with Crippen molar-refractivity contribution in [2.45, 2.75) is 0 Å². The minimum absolute atomic E-state index is 1.01. The number of aromatic nitrogens is 2. The fourth-order valence-electron chi connectivity index (χ4n) is 5.43. The van der Waals surface area contributed by atoms with Crippen LogP contribution in [0.15, 0.2) is 97.2 Å². The van der Waals surface area contributed by atoms with E-state index in [1.54, 1.807) is 0 Å². The lowest BCUT2D eigenvalue weighted by molar-refractivity contribution is 1.33. The molecule has 0 amide bonds. The van der Waals surface area contributed by atoms with Crippen LogP contribution in [0.5, 0.6) is 0 Å². The molecule has 0 aliphatic heterocycles. The highest BCUT2D eigenvalue weighted by Crippen LogP contribution is 2.47. The normalized spacial score (nSPS) is 12.4. The molecule has 0 bridgehead atoms. The molecular weight excluding hydrogens is 408 g/mol. The fraction of sp³-hybridized carbons (Fsp3) is 0. The first kappa shape index (κ1) is 16.7. The second kappa shape index (κ2) is 5.84. The van der Waals surface area contributed by atoms with Gasteiger partial charge in [-0.15, -0.1) is 11.3 Å². The van der Waals surface area contributed by atoms with Crippen molar-refractivity contribution in [3.63, 3.8) is 0 Å².